The lowest BCUT2D eigenvalue weighted by molar-refractivity contribution is 0.646. The average Bonchev–Trinajstić information content (AvgIpc) is 3.07. The van der Waals surface area contributed by atoms with Crippen LogP contribution in [0.3, 0.4) is 0 Å². The standard InChI is InChI=1S/C17H18N4S2/c1-22-13-5-4-6-14-16(13)19-17(23-14)21-11-9-20(10-12-21)15-7-2-3-8-18-15/h2-8H,9-12H2,1H3. The molecule has 1 fully saturated rings. The van der Waals surface area contributed by atoms with Crippen molar-refractivity contribution in [2.45, 2.75) is 4.90 Å². The van der Waals surface area contributed by atoms with Crippen molar-refractivity contribution < 1.29 is 0 Å². The summed E-state index contributed by atoms with van der Waals surface area (Å²) in [5.41, 5.74) is 1.15. The van der Waals surface area contributed by atoms with Crippen LogP contribution < -0.4 is 9.80 Å². The lowest BCUT2D eigenvalue weighted by Crippen LogP contribution is -2.46. The first-order valence-electron chi connectivity index (χ1n) is 7.69. The number of rotatable bonds is 3. The Morgan fingerprint density at radius 3 is 2.57 bits per heavy atom. The Hall–Kier alpha value is -1.79. The van der Waals surface area contributed by atoms with E-state index >= 15 is 0 Å². The lowest BCUT2D eigenvalue weighted by atomic mass is 10.3. The molecule has 4 nitrogen and oxygen atoms in total. The highest BCUT2D eigenvalue weighted by Gasteiger charge is 2.21. The summed E-state index contributed by atoms with van der Waals surface area (Å²) >= 11 is 3.56. The highest BCUT2D eigenvalue weighted by Crippen LogP contribution is 2.34. The molecule has 1 aromatic carbocycles. The number of pyridine rings is 1. The summed E-state index contributed by atoms with van der Waals surface area (Å²) in [5, 5.41) is 1.14. The Morgan fingerprint density at radius 1 is 1.00 bits per heavy atom. The van der Waals surface area contributed by atoms with E-state index in [0.717, 1.165) is 42.6 Å². The summed E-state index contributed by atoms with van der Waals surface area (Å²) in [6, 6.07) is 12.5. The first kappa shape index (κ1) is 14.8. The van der Waals surface area contributed by atoms with Crippen LogP contribution in [-0.4, -0.2) is 42.4 Å². The average molecular weight is 342 g/mol. The number of benzene rings is 1. The van der Waals surface area contributed by atoms with Crippen LogP contribution in [-0.2, 0) is 0 Å². The molecular formula is C17H18N4S2. The topological polar surface area (TPSA) is 32.3 Å². The highest BCUT2D eigenvalue weighted by molar-refractivity contribution is 7.98. The van der Waals surface area contributed by atoms with Gasteiger partial charge in [-0.2, -0.15) is 0 Å². The minimum Gasteiger partial charge on any atom is -0.353 e. The minimum atomic E-state index is 0.988. The molecule has 0 radical (unpaired) electrons. The fourth-order valence-electron chi connectivity index (χ4n) is 2.88. The van der Waals surface area contributed by atoms with Crippen LogP contribution in [0.2, 0.25) is 0 Å². The van der Waals surface area contributed by atoms with E-state index < -0.39 is 0 Å². The second-order valence-corrected chi connectivity index (χ2v) is 7.32. The van der Waals surface area contributed by atoms with E-state index in [4.69, 9.17) is 4.98 Å². The Labute approximate surface area is 144 Å². The summed E-state index contributed by atoms with van der Waals surface area (Å²) in [6.07, 6.45) is 3.97. The van der Waals surface area contributed by atoms with Crippen LogP contribution in [0.15, 0.2) is 47.5 Å². The van der Waals surface area contributed by atoms with Gasteiger partial charge in [0.2, 0.25) is 0 Å². The molecule has 6 heteroatoms. The molecule has 2 aromatic heterocycles. The van der Waals surface area contributed by atoms with Crippen molar-refractivity contribution in [3.63, 3.8) is 0 Å². The molecule has 0 atom stereocenters. The van der Waals surface area contributed by atoms with Crippen molar-refractivity contribution in [3.05, 3.63) is 42.6 Å². The van der Waals surface area contributed by atoms with Crippen LogP contribution >= 0.6 is 23.1 Å². The smallest absolute Gasteiger partial charge is 0.186 e. The Morgan fingerprint density at radius 2 is 1.83 bits per heavy atom. The molecule has 0 spiro atoms. The molecule has 1 aliphatic rings. The maximum Gasteiger partial charge on any atom is 0.186 e. The summed E-state index contributed by atoms with van der Waals surface area (Å²) in [7, 11) is 0. The van der Waals surface area contributed by atoms with Crippen molar-refractivity contribution in [1.82, 2.24) is 9.97 Å². The number of thiazole rings is 1. The monoisotopic (exact) mass is 342 g/mol. The van der Waals surface area contributed by atoms with Gasteiger partial charge in [0.25, 0.3) is 0 Å². The zero-order valence-corrected chi connectivity index (χ0v) is 14.6. The first-order chi connectivity index (χ1) is 11.3. The number of anilines is 2. The molecule has 118 valence electrons. The molecule has 0 unspecified atom stereocenters. The van der Waals surface area contributed by atoms with E-state index in [0.29, 0.717) is 0 Å². The van der Waals surface area contributed by atoms with Gasteiger partial charge in [-0.15, -0.1) is 11.8 Å². The molecular weight excluding hydrogens is 324 g/mol. The van der Waals surface area contributed by atoms with E-state index in [9.17, 15) is 0 Å². The van der Waals surface area contributed by atoms with Crippen LogP contribution in [0, 0.1) is 0 Å². The van der Waals surface area contributed by atoms with Crippen molar-refractivity contribution in [2.24, 2.45) is 0 Å². The zero-order chi connectivity index (χ0) is 15.6. The summed E-state index contributed by atoms with van der Waals surface area (Å²) in [6.45, 7) is 3.96. The van der Waals surface area contributed by atoms with Gasteiger partial charge in [0.1, 0.15) is 5.82 Å². The van der Waals surface area contributed by atoms with E-state index in [1.807, 2.05) is 18.3 Å². The molecule has 0 aliphatic carbocycles. The number of piperazine rings is 1. The SMILES string of the molecule is CSc1cccc2sc(N3CCN(c4ccccn4)CC3)nc12. The number of fused-ring (bicyclic) bond motifs is 1. The molecule has 1 saturated heterocycles. The van der Waals surface area contributed by atoms with Gasteiger partial charge in [-0.3, -0.25) is 0 Å². The van der Waals surface area contributed by atoms with Gasteiger partial charge in [0.15, 0.2) is 5.13 Å². The van der Waals surface area contributed by atoms with Gasteiger partial charge in [-0.1, -0.05) is 23.5 Å². The van der Waals surface area contributed by atoms with Crippen molar-refractivity contribution >= 4 is 44.3 Å². The zero-order valence-electron chi connectivity index (χ0n) is 13.0. The highest BCUT2D eigenvalue weighted by atomic mass is 32.2. The molecule has 3 heterocycles. The molecule has 4 rings (SSSR count). The van der Waals surface area contributed by atoms with Gasteiger partial charge >= 0.3 is 0 Å². The second kappa shape index (κ2) is 6.37. The molecule has 3 aromatic rings. The quantitative estimate of drug-likeness (QED) is 0.677. The van der Waals surface area contributed by atoms with E-state index in [2.05, 4.69) is 45.3 Å². The fourth-order valence-corrected chi connectivity index (χ4v) is 4.55. The predicted octanol–water partition coefficient (Wildman–Crippen LogP) is 3.74. The number of hydrogen-bond acceptors (Lipinski definition) is 6. The molecule has 0 saturated carbocycles. The van der Waals surface area contributed by atoms with Gasteiger partial charge in [-0.05, 0) is 30.5 Å². The van der Waals surface area contributed by atoms with Gasteiger partial charge in [0, 0.05) is 37.3 Å². The largest absolute Gasteiger partial charge is 0.353 e. The Bertz CT molecular complexity index is 795. The summed E-state index contributed by atoms with van der Waals surface area (Å²) in [5.74, 6) is 1.07. The van der Waals surface area contributed by atoms with Crippen LogP contribution in [0.4, 0.5) is 10.9 Å². The molecule has 1 aliphatic heterocycles. The van der Waals surface area contributed by atoms with Crippen LogP contribution in [0.1, 0.15) is 0 Å². The summed E-state index contributed by atoms with van der Waals surface area (Å²) in [4.78, 5) is 15.3. The van der Waals surface area contributed by atoms with Gasteiger partial charge in [-0.25, -0.2) is 9.97 Å². The predicted molar refractivity (Wildman–Crippen MR) is 100 cm³/mol. The number of hydrogen-bond donors (Lipinski definition) is 0. The Balaban J connectivity index is 1.52. The van der Waals surface area contributed by atoms with E-state index in [1.54, 1.807) is 23.1 Å². The van der Waals surface area contributed by atoms with E-state index in [-0.39, 0.29) is 0 Å². The van der Waals surface area contributed by atoms with Crippen molar-refractivity contribution in [1.29, 1.82) is 0 Å². The Kier molecular flexibility index (Phi) is 4.10. The summed E-state index contributed by atoms with van der Waals surface area (Å²) < 4.78 is 1.28. The van der Waals surface area contributed by atoms with Crippen LogP contribution in [0.5, 0.6) is 0 Å². The molecule has 0 amide bonds. The van der Waals surface area contributed by atoms with Crippen molar-refractivity contribution in [3.8, 4) is 0 Å². The second-order valence-electron chi connectivity index (χ2n) is 5.47. The maximum atomic E-state index is 4.89. The maximum absolute atomic E-state index is 4.89. The fraction of sp³-hybridized carbons (Fsp3) is 0.294. The lowest BCUT2D eigenvalue weighted by Gasteiger charge is -2.35. The normalized spacial score (nSPS) is 15.3. The minimum absolute atomic E-state index is 0.988. The molecule has 0 N–H and O–H groups in total. The number of aromatic nitrogens is 2. The third-order valence-corrected chi connectivity index (χ3v) is 5.96. The third kappa shape index (κ3) is 2.88. The first-order valence-corrected chi connectivity index (χ1v) is 9.74. The van der Waals surface area contributed by atoms with Crippen molar-refractivity contribution in [2.75, 3.05) is 42.2 Å². The third-order valence-electron chi connectivity index (χ3n) is 4.11. The van der Waals surface area contributed by atoms with Crippen LogP contribution in [0.25, 0.3) is 10.2 Å². The van der Waals surface area contributed by atoms with Gasteiger partial charge in [0.05, 0.1) is 10.2 Å². The molecule has 23 heavy (non-hydrogen) atoms. The number of para-hydroxylation sites is 1. The van der Waals surface area contributed by atoms with E-state index in [1.165, 1.54) is 9.60 Å². The molecule has 0 bridgehead atoms. The number of thioether (sulfide) groups is 1. The number of nitrogens with zero attached hydrogens (tertiary/aromatic N) is 4. The van der Waals surface area contributed by atoms with Gasteiger partial charge < -0.3 is 9.80 Å².